The molecular weight excluding hydrogens is 287 g/mol. The van der Waals surface area contributed by atoms with Crippen molar-refractivity contribution >= 4 is 0 Å². The molecule has 1 aromatic carbocycles. The minimum absolute atomic E-state index is 0.0863. The monoisotopic (exact) mass is 302 g/mol. The molecule has 0 saturated carbocycles. The van der Waals surface area contributed by atoms with Crippen molar-refractivity contribution in [2.75, 3.05) is 13.2 Å². The number of alkyl halides is 1. The average molecular weight is 302 g/mol. The maximum atomic E-state index is 13.4. The molecule has 3 rings (SSSR count). The molecule has 22 heavy (non-hydrogen) atoms. The number of rotatable bonds is 4. The summed E-state index contributed by atoms with van der Waals surface area (Å²) in [5.41, 5.74) is 1.28. The van der Waals surface area contributed by atoms with E-state index in [2.05, 4.69) is 10.2 Å². The molecule has 1 aromatic heterocycles. The van der Waals surface area contributed by atoms with Crippen molar-refractivity contribution < 1.29 is 13.9 Å². The van der Waals surface area contributed by atoms with E-state index in [0.717, 1.165) is 5.56 Å². The molecule has 0 unspecified atom stereocenters. The number of halogens is 1. The van der Waals surface area contributed by atoms with E-state index < -0.39 is 6.17 Å². The molecular formula is C15H15FN4O2. The van der Waals surface area contributed by atoms with Crippen molar-refractivity contribution in [3.63, 3.8) is 0 Å². The minimum Gasteiger partial charge on any atom is -0.419 e. The van der Waals surface area contributed by atoms with Crippen molar-refractivity contribution in [3.8, 4) is 17.5 Å². The van der Waals surface area contributed by atoms with E-state index in [-0.39, 0.29) is 19.2 Å². The van der Waals surface area contributed by atoms with E-state index >= 15 is 0 Å². The Balaban J connectivity index is 1.72. The lowest BCUT2D eigenvalue weighted by Gasteiger charge is -2.19. The molecule has 1 fully saturated rings. The zero-order valence-corrected chi connectivity index (χ0v) is 11.8. The van der Waals surface area contributed by atoms with Crippen LogP contribution in [-0.4, -0.2) is 45.6 Å². The molecule has 1 aliphatic heterocycles. The Morgan fingerprint density at radius 1 is 1.36 bits per heavy atom. The SMILES string of the molecule is N#Cc1ccc(-c2nnc(CN3C[C@@H](F)C[C@H]3CO)o2)cc1. The Bertz CT molecular complexity index is 680. The van der Waals surface area contributed by atoms with Crippen LogP contribution in [0.2, 0.25) is 0 Å². The number of aliphatic hydroxyl groups is 1. The van der Waals surface area contributed by atoms with Crippen LogP contribution in [0, 0.1) is 11.3 Å². The van der Waals surface area contributed by atoms with Crippen molar-refractivity contribution in [1.82, 2.24) is 15.1 Å². The molecule has 0 aliphatic carbocycles. The third-order valence-electron chi connectivity index (χ3n) is 3.75. The third-order valence-corrected chi connectivity index (χ3v) is 3.75. The first-order valence-electron chi connectivity index (χ1n) is 7.01. The van der Waals surface area contributed by atoms with Crippen LogP contribution in [0.15, 0.2) is 28.7 Å². The predicted molar refractivity (Wildman–Crippen MR) is 75.2 cm³/mol. The molecule has 0 amide bonds. The number of aromatic nitrogens is 2. The number of nitriles is 1. The second-order valence-electron chi connectivity index (χ2n) is 5.29. The van der Waals surface area contributed by atoms with Crippen LogP contribution in [0.25, 0.3) is 11.5 Å². The average Bonchev–Trinajstić information content (AvgIpc) is 3.14. The first-order chi connectivity index (χ1) is 10.7. The Kier molecular flexibility index (Phi) is 4.13. The van der Waals surface area contributed by atoms with E-state index in [9.17, 15) is 9.50 Å². The Labute approximate surface area is 126 Å². The molecule has 0 spiro atoms. The zero-order chi connectivity index (χ0) is 15.5. The zero-order valence-electron chi connectivity index (χ0n) is 11.8. The van der Waals surface area contributed by atoms with E-state index in [1.807, 2.05) is 6.07 Å². The van der Waals surface area contributed by atoms with Gasteiger partial charge in [-0.05, 0) is 30.7 Å². The third kappa shape index (κ3) is 2.98. The Morgan fingerprint density at radius 2 is 2.14 bits per heavy atom. The molecule has 1 N–H and O–H groups in total. The summed E-state index contributed by atoms with van der Waals surface area (Å²) in [7, 11) is 0. The molecule has 0 radical (unpaired) electrons. The van der Waals surface area contributed by atoms with Gasteiger partial charge in [0.05, 0.1) is 24.8 Å². The summed E-state index contributed by atoms with van der Waals surface area (Å²) >= 11 is 0. The summed E-state index contributed by atoms with van der Waals surface area (Å²) in [6.45, 7) is 0.492. The lowest BCUT2D eigenvalue weighted by molar-refractivity contribution is 0.144. The lowest BCUT2D eigenvalue weighted by Crippen LogP contribution is -2.31. The molecule has 2 heterocycles. The van der Waals surface area contributed by atoms with Gasteiger partial charge in [0, 0.05) is 18.2 Å². The van der Waals surface area contributed by atoms with Crippen LogP contribution in [0.4, 0.5) is 4.39 Å². The topological polar surface area (TPSA) is 86.2 Å². The van der Waals surface area contributed by atoms with Gasteiger partial charge in [-0.15, -0.1) is 10.2 Å². The molecule has 114 valence electrons. The van der Waals surface area contributed by atoms with Gasteiger partial charge in [0.1, 0.15) is 6.17 Å². The fourth-order valence-corrected chi connectivity index (χ4v) is 2.60. The van der Waals surface area contributed by atoms with Crippen molar-refractivity contribution in [1.29, 1.82) is 5.26 Å². The van der Waals surface area contributed by atoms with Crippen molar-refractivity contribution in [2.24, 2.45) is 0 Å². The van der Waals surface area contributed by atoms with Gasteiger partial charge in [0.15, 0.2) is 0 Å². The highest BCUT2D eigenvalue weighted by Crippen LogP contribution is 2.24. The fraction of sp³-hybridized carbons (Fsp3) is 0.400. The van der Waals surface area contributed by atoms with Gasteiger partial charge in [-0.25, -0.2) is 4.39 Å². The summed E-state index contributed by atoms with van der Waals surface area (Å²) in [6, 6.07) is 8.66. The summed E-state index contributed by atoms with van der Waals surface area (Å²) in [5, 5.41) is 26.0. The Morgan fingerprint density at radius 3 is 2.82 bits per heavy atom. The van der Waals surface area contributed by atoms with Gasteiger partial charge in [0.25, 0.3) is 0 Å². The predicted octanol–water partition coefficient (Wildman–Crippen LogP) is 1.51. The normalized spacial score (nSPS) is 21.9. The highest BCUT2D eigenvalue weighted by molar-refractivity contribution is 5.54. The number of likely N-dealkylation sites (tertiary alicyclic amines) is 1. The van der Waals surface area contributed by atoms with Gasteiger partial charge in [0.2, 0.25) is 11.8 Å². The lowest BCUT2D eigenvalue weighted by atomic mass is 10.1. The first-order valence-corrected chi connectivity index (χ1v) is 7.01. The Hall–Kier alpha value is -2.30. The number of hydrogen-bond donors (Lipinski definition) is 1. The number of benzene rings is 1. The quantitative estimate of drug-likeness (QED) is 0.921. The van der Waals surface area contributed by atoms with Crippen LogP contribution in [0.1, 0.15) is 17.9 Å². The van der Waals surface area contributed by atoms with E-state index in [4.69, 9.17) is 9.68 Å². The van der Waals surface area contributed by atoms with Gasteiger partial charge in [-0.2, -0.15) is 5.26 Å². The summed E-state index contributed by atoms with van der Waals surface area (Å²) in [5.74, 6) is 0.739. The smallest absolute Gasteiger partial charge is 0.247 e. The second-order valence-corrected chi connectivity index (χ2v) is 5.29. The van der Waals surface area contributed by atoms with Crippen LogP contribution in [-0.2, 0) is 6.54 Å². The molecule has 1 saturated heterocycles. The van der Waals surface area contributed by atoms with Gasteiger partial charge in [-0.1, -0.05) is 0 Å². The first kappa shape index (κ1) is 14.6. The minimum atomic E-state index is -0.932. The highest BCUT2D eigenvalue weighted by Gasteiger charge is 2.32. The maximum absolute atomic E-state index is 13.4. The van der Waals surface area contributed by atoms with Crippen LogP contribution < -0.4 is 0 Å². The maximum Gasteiger partial charge on any atom is 0.247 e. The summed E-state index contributed by atoms with van der Waals surface area (Å²) < 4.78 is 19.0. The molecule has 1 aliphatic rings. The molecule has 7 heteroatoms. The van der Waals surface area contributed by atoms with E-state index in [1.54, 1.807) is 29.2 Å². The molecule has 2 atom stereocenters. The van der Waals surface area contributed by atoms with E-state index in [0.29, 0.717) is 30.3 Å². The number of aliphatic hydroxyl groups excluding tert-OH is 1. The van der Waals surface area contributed by atoms with Crippen LogP contribution >= 0.6 is 0 Å². The molecule has 0 bridgehead atoms. The fourth-order valence-electron chi connectivity index (χ4n) is 2.60. The standard InChI is InChI=1S/C15H15FN4O2/c16-12-5-13(9-21)20(7-12)8-14-18-19-15(22-14)11-3-1-10(6-17)2-4-11/h1-4,12-13,21H,5,7-9H2/t12-,13-/m0/s1. The van der Waals surface area contributed by atoms with Gasteiger partial charge < -0.3 is 9.52 Å². The number of nitrogens with zero attached hydrogens (tertiary/aromatic N) is 4. The van der Waals surface area contributed by atoms with E-state index in [1.165, 1.54) is 0 Å². The number of hydrogen-bond acceptors (Lipinski definition) is 6. The largest absolute Gasteiger partial charge is 0.419 e. The molecule has 2 aromatic rings. The van der Waals surface area contributed by atoms with Crippen molar-refractivity contribution in [2.45, 2.75) is 25.2 Å². The second kappa shape index (κ2) is 6.22. The molecule has 6 nitrogen and oxygen atoms in total. The highest BCUT2D eigenvalue weighted by atomic mass is 19.1. The van der Waals surface area contributed by atoms with Crippen LogP contribution in [0.5, 0.6) is 0 Å². The summed E-state index contributed by atoms with van der Waals surface area (Å²) in [4.78, 5) is 1.81. The van der Waals surface area contributed by atoms with Gasteiger partial charge in [-0.3, -0.25) is 4.90 Å². The summed E-state index contributed by atoms with van der Waals surface area (Å²) in [6.07, 6.45) is -0.606. The van der Waals surface area contributed by atoms with Crippen LogP contribution in [0.3, 0.4) is 0 Å². The van der Waals surface area contributed by atoms with Gasteiger partial charge >= 0.3 is 0 Å². The van der Waals surface area contributed by atoms with Crippen molar-refractivity contribution in [3.05, 3.63) is 35.7 Å².